The molecule has 0 aromatic heterocycles. The van der Waals surface area contributed by atoms with Gasteiger partial charge in [-0.15, -0.1) is 0 Å². The van der Waals surface area contributed by atoms with E-state index in [0.717, 1.165) is 30.3 Å². The molecule has 168 valence electrons. The highest BCUT2D eigenvalue weighted by Crippen LogP contribution is 2.29. The molecule has 3 rings (SSSR count). The summed E-state index contributed by atoms with van der Waals surface area (Å²) in [6.07, 6.45) is 0.298. The second-order valence-electron chi connectivity index (χ2n) is 6.92. The summed E-state index contributed by atoms with van der Waals surface area (Å²) in [6, 6.07) is 9.25. The summed E-state index contributed by atoms with van der Waals surface area (Å²) in [6.45, 7) is 0.0452. The first-order valence-corrected chi connectivity index (χ1v) is 12.2. The van der Waals surface area contributed by atoms with Gasteiger partial charge in [-0.25, -0.2) is 21.2 Å². The molecule has 1 aliphatic rings. The standard InChI is InChI=1S/C19H19F3N2O5S2/c20-14-5-7-15(8-6-14)31(28,29)24-11-9-13(10-12-24)18(25)23-16-3-1-2-4-17(16)30(26,27)19(21)22/h1-8,13,19H,9-12H2,(H,23,25). The third-order valence-corrected chi connectivity index (χ3v) is 8.31. The van der Waals surface area contributed by atoms with E-state index in [1.54, 1.807) is 0 Å². The second-order valence-corrected chi connectivity index (χ2v) is 10.7. The molecule has 1 aliphatic heterocycles. The molecule has 0 saturated carbocycles. The Hall–Kier alpha value is -2.44. The van der Waals surface area contributed by atoms with Crippen LogP contribution in [0.25, 0.3) is 0 Å². The van der Waals surface area contributed by atoms with Gasteiger partial charge in [-0.1, -0.05) is 12.1 Å². The first kappa shape index (κ1) is 23.2. The maximum absolute atomic E-state index is 13.1. The van der Waals surface area contributed by atoms with E-state index in [2.05, 4.69) is 5.32 Å². The number of sulfonamides is 1. The molecular weight excluding hydrogens is 457 g/mol. The Labute approximate surface area is 177 Å². The molecule has 1 N–H and O–H groups in total. The zero-order chi connectivity index (χ0) is 22.8. The van der Waals surface area contributed by atoms with Crippen LogP contribution in [-0.4, -0.2) is 45.9 Å². The van der Waals surface area contributed by atoms with E-state index in [0.29, 0.717) is 0 Å². The number of nitrogens with one attached hydrogen (secondary N) is 1. The largest absolute Gasteiger partial charge is 0.341 e. The predicted molar refractivity (Wildman–Crippen MR) is 106 cm³/mol. The molecule has 0 radical (unpaired) electrons. The lowest BCUT2D eigenvalue weighted by Gasteiger charge is -2.30. The number of carbonyl (C=O) groups excluding carboxylic acids is 1. The number of hydrogen-bond acceptors (Lipinski definition) is 5. The fraction of sp³-hybridized carbons (Fsp3) is 0.316. The van der Waals surface area contributed by atoms with Crippen LogP contribution in [0, 0.1) is 11.7 Å². The molecule has 0 aliphatic carbocycles. The summed E-state index contributed by atoms with van der Waals surface area (Å²) in [7, 11) is -8.76. The van der Waals surface area contributed by atoms with E-state index in [4.69, 9.17) is 0 Å². The number of anilines is 1. The summed E-state index contributed by atoms with van der Waals surface area (Å²) in [5, 5.41) is 2.37. The van der Waals surface area contributed by atoms with E-state index in [1.807, 2.05) is 0 Å². The van der Waals surface area contributed by atoms with Gasteiger partial charge in [0.1, 0.15) is 5.82 Å². The van der Waals surface area contributed by atoms with Crippen molar-refractivity contribution in [1.29, 1.82) is 0 Å². The Balaban J connectivity index is 1.69. The highest BCUT2D eigenvalue weighted by Gasteiger charge is 2.34. The summed E-state index contributed by atoms with van der Waals surface area (Å²) in [5.74, 6) is -5.42. The van der Waals surface area contributed by atoms with Gasteiger partial charge in [-0.05, 0) is 49.2 Å². The average Bonchev–Trinajstić information content (AvgIpc) is 2.74. The minimum absolute atomic E-state index is 0.0226. The van der Waals surface area contributed by atoms with Crippen molar-refractivity contribution in [1.82, 2.24) is 4.31 Å². The van der Waals surface area contributed by atoms with Crippen LogP contribution in [0.1, 0.15) is 12.8 Å². The van der Waals surface area contributed by atoms with Crippen molar-refractivity contribution in [3.8, 4) is 0 Å². The molecule has 0 unspecified atom stereocenters. The van der Waals surface area contributed by atoms with Gasteiger partial charge in [0, 0.05) is 19.0 Å². The van der Waals surface area contributed by atoms with Crippen LogP contribution in [0.2, 0.25) is 0 Å². The Kier molecular flexibility index (Phi) is 6.72. The van der Waals surface area contributed by atoms with E-state index < -0.39 is 48.2 Å². The van der Waals surface area contributed by atoms with Crippen molar-refractivity contribution in [2.75, 3.05) is 18.4 Å². The first-order chi connectivity index (χ1) is 14.5. The molecule has 0 bridgehead atoms. The fourth-order valence-corrected chi connectivity index (χ4v) is 5.62. The van der Waals surface area contributed by atoms with Crippen LogP contribution in [0.4, 0.5) is 18.9 Å². The number of nitrogens with zero attached hydrogens (tertiary/aromatic N) is 1. The molecule has 0 spiro atoms. The summed E-state index contributed by atoms with van der Waals surface area (Å²) < 4.78 is 89.0. The molecule has 2 aromatic rings. The van der Waals surface area contributed by atoms with E-state index in [9.17, 15) is 34.8 Å². The molecule has 31 heavy (non-hydrogen) atoms. The lowest BCUT2D eigenvalue weighted by atomic mass is 9.97. The Morgan fingerprint density at radius 2 is 1.55 bits per heavy atom. The van der Waals surface area contributed by atoms with Crippen molar-refractivity contribution in [3.63, 3.8) is 0 Å². The van der Waals surface area contributed by atoms with Crippen LogP contribution in [0.3, 0.4) is 0 Å². The monoisotopic (exact) mass is 476 g/mol. The average molecular weight is 476 g/mol. The van der Waals surface area contributed by atoms with Gasteiger partial charge in [0.15, 0.2) is 0 Å². The Bertz CT molecular complexity index is 1160. The number of para-hydroxylation sites is 1. The number of amides is 1. The first-order valence-electron chi connectivity index (χ1n) is 9.21. The Morgan fingerprint density at radius 3 is 2.13 bits per heavy atom. The van der Waals surface area contributed by atoms with E-state index in [-0.39, 0.29) is 36.5 Å². The maximum Gasteiger partial charge on any atom is 0.341 e. The third-order valence-electron chi connectivity index (χ3n) is 4.96. The van der Waals surface area contributed by atoms with Crippen LogP contribution < -0.4 is 5.32 Å². The quantitative estimate of drug-likeness (QED) is 0.691. The van der Waals surface area contributed by atoms with Crippen LogP contribution >= 0.6 is 0 Å². The Morgan fingerprint density at radius 1 is 0.968 bits per heavy atom. The van der Waals surface area contributed by atoms with Gasteiger partial charge in [-0.2, -0.15) is 13.1 Å². The predicted octanol–water partition coefficient (Wildman–Crippen LogP) is 2.86. The second kappa shape index (κ2) is 8.97. The van der Waals surface area contributed by atoms with Gasteiger partial charge < -0.3 is 5.32 Å². The highest BCUT2D eigenvalue weighted by atomic mass is 32.2. The van der Waals surface area contributed by atoms with Gasteiger partial charge in [0.2, 0.25) is 25.8 Å². The van der Waals surface area contributed by atoms with Gasteiger partial charge in [-0.3, -0.25) is 4.79 Å². The van der Waals surface area contributed by atoms with Crippen LogP contribution in [0.15, 0.2) is 58.3 Å². The molecular formula is C19H19F3N2O5S2. The van der Waals surface area contributed by atoms with Crippen molar-refractivity contribution in [3.05, 3.63) is 54.3 Å². The SMILES string of the molecule is O=C(Nc1ccccc1S(=O)(=O)C(F)F)C1CCN(S(=O)(=O)c2ccc(F)cc2)CC1. The number of piperidine rings is 1. The van der Waals surface area contributed by atoms with Crippen LogP contribution in [0.5, 0.6) is 0 Å². The van der Waals surface area contributed by atoms with Crippen molar-refractivity contribution >= 4 is 31.5 Å². The van der Waals surface area contributed by atoms with Crippen LogP contribution in [-0.2, 0) is 24.7 Å². The number of rotatable bonds is 6. The zero-order valence-electron chi connectivity index (χ0n) is 16.0. The summed E-state index contributed by atoms with van der Waals surface area (Å²) >= 11 is 0. The normalized spacial score (nSPS) is 16.4. The molecule has 1 heterocycles. The topological polar surface area (TPSA) is 101 Å². The summed E-state index contributed by atoms with van der Waals surface area (Å²) in [5.41, 5.74) is -0.255. The minimum Gasteiger partial charge on any atom is -0.325 e. The number of halogens is 3. The molecule has 0 atom stereocenters. The van der Waals surface area contributed by atoms with Crippen molar-refractivity contribution in [2.45, 2.75) is 28.4 Å². The van der Waals surface area contributed by atoms with Gasteiger partial charge >= 0.3 is 5.76 Å². The number of hydrogen-bond donors (Lipinski definition) is 1. The number of benzene rings is 2. The lowest BCUT2D eigenvalue weighted by molar-refractivity contribution is -0.120. The zero-order valence-corrected chi connectivity index (χ0v) is 17.7. The van der Waals surface area contributed by atoms with E-state index in [1.165, 1.54) is 22.5 Å². The molecule has 1 fully saturated rings. The molecule has 12 heteroatoms. The van der Waals surface area contributed by atoms with Gasteiger partial charge in [0.25, 0.3) is 0 Å². The summed E-state index contributed by atoms with van der Waals surface area (Å²) in [4.78, 5) is 11.8. The number of alkyl halides is 2. The van der Waals surface area contributed by atoms with Crippen molar-refractivity contribution < 1.29 is 34.8 Å². The molecule has 2 aromatic carbocycles. The fourth-order valence-electron chi connectivity index (χ4n) is 3.26. The van der Waals surface area contributed by atoms with Gasteiger partial charge in [0.05, 0.1) is 15.5 Å². The highest BCUT2D eigenvalue weighted by molar-refractivity contribution is 7.91. The molecule has 1 saturated heterocycles. The number of sulfone groups is 1. The molecule has 7 nitrogen and oxygen atoms in total. The lowest BCUT2D eigenvalue weighted by Crippen LogP contribution is -2.41. The maximum atomic E-state index is 13.1. The van der Waals surface area contributed by atoms with Crippen molar-refractivity contribution in [2.24, 2.45) is 5.92 Å². The third kappa shape index (κ3) is 4.91. The molecule has 1 amide bonds. The minimum atomic E-state index is -4.91. The number of carbonyl (C=O) groups is 1. The van der Waals surface area contributed by atoms with E-state index >= 15 is 0 Å². The smallest absolute Gasteiger partial charge is 0.325 e.